The number of benzene rings is 3. The summed E-state index contributed by atoms with van der Waals surface area (Å²) >= 11 is 2.85. The van der Waals surface area contributed by atoms with Gasteiger partial charge in [0.2, 0.25) is 5.91 Å². The number of nitrogens with one attached hydrogen (secondary N) is 1. The van der Waals surface area contributed by atoms with Crippen LogP contribution in [0.5, 0.6) is 0 Å². The second-order valence-corrected chi connectivity index (χ2v) is 9.32. The van der Waals surface area contributed by atoms with E-state index < -0.39 is 0 Å². The zero-order valence-electron chi connectivity index (χ0n) is 17.1. The molecule has 0 fully saturated rings. The summed E-state index contributed by atoms with van der Waals surface area (Å²) in [5.41, 5.74) is 2.72. The van der Waals surface area contributed by atoms with Gasteiger partial charge in [-0.3, -0.25) is 14.2 Å². The summed E-state index contributed by atoms with van der Waals surface area (Å²) in [7, 11) is 0. The number of hydrogen-bond donors (Lipinski definition) is 1. The molecule has 0 radical (unpaired) electrons. The van der Waals surface area contributed by atoms with Crippen molar-refractivity contribution in [2.75, 3.05) is 11.1 Å². The van der Waals surface area contributed by atoms with E-state index in [0.29, 0.717) is 27.4 Å². The number of fused-ring (bicyclic) bond motifs is 2. The van der Waals surface area contributed by atoms with E-state index >= 15 is 0 Å². The number of anilines is 1. The third kappa shape index (κ3) is 4.02. The fraction of sp³-hybridized carbons (Fsp3) is 0.0833. The van der Waals surface area contributed by atoms with Crippen LogP contribution >= 0.6 is 23.1 Å². The van der Waals surface area contributed by atoms with Crippen LogP contribution in [0, 0.1) is 6.92 Å². The molecule has 6 nitrogen and oxygen atoms in total. The van der Waals surface area contributed by atoms with Gasteiger partial charge in [0.15, 0.2) is 5.16 Å². The van der Waals surface area contributed by atoms with Gasteiger partial charge in [0.05, 0.1) is 37.6 Å². The second-order valence-electron chi connectivity index (χ2n) is 7.14. The first-order valence-corrected chi connectivity index (χ1v) is 11.8. The van der Waals surface area contributed by atoms with Crippen molar-refractivity contribution in [2.45, 2.75) is 12.1 Å². The average molecular weight is 459 g/mol. The maximum Gasteiger partial charge on any atom is 0.266 e. The van der Waals surface area contributed by atoms with E-state index in [4.69, 9.17) is 0 Å². The van der Waals surface area contributed by atoms with Gasteiger partial charge < -0.3 is 5.32 Å². The summed E-state index contributed by atoms with van der Waals surface area (Å²) in [5, 5.41) is 4.91. The van der Waals surface area contributed by atoms with Crippen LogP contribution < -0.4 is 10.9 Å². The SMILES string of the molecule is Cc1nc2cc(NC(=O)CSc3nc4ccccc4c(=O)n3-c3ccccc3)ccc2s1. The minimum absolute atomic E-state index is 0.117. The number of nitrogens with zero attached hydrogens (tertiary/aromatic N) is 3. The van der Waals surface area contributed by atoms with Gasteiger partial charge in [-0.15, -0.1) is 11.3 Å². The zero-order valence-corrected chi connectivity index (χ0v) is 18.7. The van der Waals surface area contributed by atoms with Gasteiger partial charge in [0, 0.05) is 5.69 Å². The number of carbonyl (C=O) groups is 1. The Balaban J connectivity index is 1.42. The molecule has 0 unspecified atom stereocenters. The van der Waals surface area contributed by atoms with Crippen LogP contribution in [-0.2, 0) is 4.79 Å². The molecule has 0 atom stereocenters. The Labute approximate surface area is 192 Å². The predicted molar refractivity (Wildman–Crippen MR) is 131 cm³/mol. The highest BCUT2D eigenvalue weighted by molar-refractivity contribution is 7.99. The number of amides is 1. The van der Waals surface area contributed by atoms with E-state index in [2.05, 4.69) is 15.3 Å². The van der Waals surface area contributed by atoms with Crippen molar-refractivity contribution >= 4 is 55.8 Å². The third-order valence-corrected chi connectivity index (χ3v) is 6.76. The molecule has 0 bridgehead atoms. The van der Waals surface area contributed by atoms with E-state index in [0.717, 1.165) is 15.2 Å². The second kappa shape index (κ2) is 8.57. The minimum atomic E-state index is -0.177. The van der Waals surface area contributed by atoms with E-state index in [9.17, 15) is 9.59 Å². The molecule has 8 heteroatoms. The first-order valence-electron chi connectivity index (χ1n) is 9.95. The molecule has 0 aliphatic heterocycles. The standard InChI is InChI=1S/C24H18N4O2S2/c1-15-25-20-13-16(11-12-21(20)32-15)26-22(29)14-31-24-27-19-10-6-5-9-18(19)23(30)28(24)17-7-3-2-4-8-17/h2-13H,14H2,1H3,(H,26,29). The largest absolute Gasteiger partial charge is 0.325 e. The normalized spacial score (nSPS) is 11.2. The summed E-state index contributed by atoms with van der Waals surface area (Å²) in [6.45, 7) is 1.96. The lowest BCUT2D eigenvalue weighted by Crippen LogP contribution is -2.22. The van der Waals surface area contributed by atoms with Crippen molar-refractivity contribution in [1.82, 2.24) is 14.5 Å². The summed E-state index contributed by atoms with van der Waals surface area (Å²) in [5.74, 6) is -0.0607. The van der Waals surface area contributed by atoms with Crippen LogP contribution in [0.4, 0.5) is 5.69 Å². The Kier molecular flexibility index (Phi) is 5.46. The highest BCUT2D eigenvalue weighted by Gasteiger charge is 2.15. The number of thiazole rings is 1. The lowest BCUT2D eigenvalue weighted by Gasteiger charge is -2.13. The van der Waals surface area contributed by atoms with Crippen LogP contribution in [0.2, 0.25) is 0 Å². The van der Waals surface area contributed by atoms with E-state index in [1.807, 2.05) is 67.6 Å². The molecule has 5 rings (SSSR count). The number of carbonyl (C=O) groups excluding carboxylic acids is 1. The van der Waals surface area contributed by atoms with Gasteiger partial charge in [-0.25, -0.2) is 9.97 Å². The highest BCUT2D eigenvalue weighted by Crippen LogP contribution is 2.25. The fourth-order valence-electron chi connectivity index (χ4n) is 3.46. The van der Waals surface area contributed by atoms with Crippen molar-refractivity contribution in [2.24, 2.45) is 0 Å². The van der Waals surface area contributed by atoms with Crippen LogP contribution in [0.3, 0.4) is 0 Å². The maximum atomic E-state index is 13.2. The Hall–Kier alpha value is -3.49. The smallest absolute Gasteiger partial charge is 0.266 e. The van der Waals surface area contributed by atoms with Crippen molar-refractivity contribution in [3.8, 4) is 5.69 Å². The zero-order chi connectivity index (χ0) is 22.1. The fourth-order valence-corrected chi connectivity index (χ4v) is 5.08. The van der Waals surface area contributed by atoms with Crippen LogP contribution in [0.1, 0.15) is 5.01 Å². The summed E-state index contributed by atoms with van der Waals surface area (Å²) < 4.78 is 2.65. The number of aryl methyl sites for hydroxylation is 1. The maximum absolute atomic E-state index is 13.2. The van der Waals surface area contributed by atoms with Crippen LogP contribution in [0.25, 0.3) is 26.8 Å². The topological polar surface area (TPSA) is 76.9 Å². The Morgan fingerprint density at radius 1 is 1.00 bits per heavy atom. The first kappa shape index (κ1) is 20.4. The molecular formula is C24H18N4O2S2. The number of thioether (sulfide) groups is 1. The molecule has 0 spiro atoms. The monoisotopic (exact) mass is 458 g/mol. The highest BCUT2D eigenvalue weighted by atomic mass is 32.2. The van der Waals surface area contributed by atoms with Crippen molar-refractivity contribution in [1.29, 1.82) is 0 Å². The molecule has 2 aromatic heterocycles. The number of para-hydroxylation sites is 2. The summed E-state index contributed by atoms with van der Waals surface area (Å²) in [6.07, 6.45) is 0. The lowest BCUT2D eigenvalue weighted by atomic mass is 10.2. The Morgan fingerprint density at radius 3 is 2.62 bits per heavy atom. The minimum Gasteiger partial charge on any atom is -0.325 e. The molecule has 0 aliphatic rings. The van der Waals surface area contributed by atoms with Crippen molar-refractivity contribution in [3.05, 3.63) is 88.2 Å². The molecule has 0 saturated carbocycles. The lowest BCUT2D eigenvalue weighted by molar-refractivity contribution is -0.113. The average Bonchev–Trinajstić information content (AvgIpc) is 3.17. The molecule has 5 aromatic rings. The van der Waals surface area contributed by atoms with Gasteiger partial charge in [-0.05, 0) is 49.4 Å². The Morgan fingerprint density at radius 2 is 1.78 bits per heavy atom. The molecule has 0 aliphatic carbocycles. The van der Waals surface area contributed by atoms with E-state index in [-0.39, 0.29) is 17.2 Å². The van der Waals surface area contributed by atoms with Gasteiger partial charge in [-0.1, -0.05) is 42.1 Å². The van der Waals surface area contributed by atoms with Crippen LogP contribution in [0.15, 0.2) is 82.7 Å². The summed E-state index contributed by atoms with van der Waals surface area (Å²) in [4.78, 5) is 35.0. The molecule has 1 N–H and O–H groups in total. The van der Waals surface area contributed by atoms with E-state index in [1.165, 1.54) is 11.8 Å². The van der Waals surface area contributed by atoms with E-state index in [1.54, 1.807) is 28.0 Å². The third-order valence-electron chi connectivity index (χ3n) is 4.87. The number of hydrogen-bond acceptors (Lipinski definition) is 6. The summed E-state index contributed by atoms with van der Waals surface area (Å²) in [6, 6.07) is 22.3. The molecule has 32 heavy (non-hydrogen) atoms. The quantitative estimate of drug-likeness (QED) is 0.295. The molecule has 3 aromatic carbocycles. The molecule has 2 heterocycles. The van der Waals surface area contributed by atoms with Crippen molar-refractivity contribution in [3.63, 3.8) is 0 Å². The molecular weight excluding hydrogens is 440 g/mol. The van der Waals surface area contributed by atoms with Gasteiger partial charge in [-0.2, -0.15) is 0 Å². The molecule has 1 amide bonds. The van der Waals surface area contributed by atoms with Gasteiger partial charge in [0.25, 0.3) is 5.56 Å². The molecule has 0 saturated heterocycles. The van der Waals surface area contributed by atoms with Crippen molar-refractivity contribution < 1.29 is 4.79 Å². The predicted octanol–water partition coefficient (Wildman–Crippen LogP) is 5.03. The number of aromatic nitrogens is 3. The van der Waals surface area contributed by atoms with Crippen LogP contribution in [-0.4, -0.2) is 26.2 Å². The van der Waals surface area contributed by atoms with Gasteiger partial charge >= 0.3 is 0 Å². The Bertz CT molecular complexity index is 1510. The molecule has 158 valence electrons. The van der Waals surface area contributed by atoms with Gasteiger partial charge in [0.1, 0.15) is 0 Å². The first-order chi connectivity index (χ1) is 15.6. The number of rotatable bonds is 5.